The number of hydrogen-bond acceptors (Lipinski definition) is 1. The first-order valence-corrected chi connectivity index (χ1v) is 7.70. The highest BCUT2D eigenvalue weighted by Crippen LogP contribution is 2.44. The molecule has 0 radical (unpaired) electrons. The Hall–Kier alpha value is -1.67. The maximum Gasteiger partial charge on any atom is 0.164 e. The van der Waals surface area contributed by atoms with Crippen molar-refractivity contribution in [3.8, 4) is 0 Å². The lowest BCUT2D eigenvalue weighted by molar-refractivity contribution is 0.0994. The largest absolute Gasteiger partial charge is 0.294 e. The van der Waals surface area contributed by atoms with Gasteiger partial charge in [-0.15, -0.1) is 0 Å². The smallest absolute Gasteiger partial charge is 0.164 e. The highest BCUT2D eigenvalue weighted by atomic mass is 79.9. The molecule has 1 unspecified atom stereocenters. The average molecular weight is 325 g/mol. The second-order valence-electron chi connectivity index (χ2n) is 5.46. The molecule has 0 saturated carbocycles. The molecule has 4 rings (SSSR count). The van der Waals surface area contributed by atoms with Gasteiger partial charge in [-0.25, -0.2) is 0 Å². The van der Waals surface area contributed by atoms with Gasteiger partial charge < -0.3 is 0 Å². The third kappa shape index (κ3) is 1.52. The molecule has 0 aliphatic heterocycles. The van der Waals surface area contributed by atoms with Gasteiger partial charge >= 0.3 is 0 Å². The lowest BCUT2D eigenvalue weighted by Crippen LogP contribution is -1.94. The zero-order chi connectivity index (χ0) is 13.9. The van der Waals surface area contributed by atoms with Crippen LogP contribution in [0.4, 0.5) is 0 Å². The van der Waals surface area contributed by atoms with E-state index in [-0.39, 0.29) is 10.6 Å². The van der Waals surface area contributed by atoms with E-state index < -0.39 is 0 Å². The summed E-state index contributed by atoms with van der Waals surface area (Å²) in [5.41, 5.74) is 3.25. The first-order valence-electron chi connectivity index (χ1n) is 6.79. The summed E-state index contributed by atoms with van der Waals surface area (Å²) >= 11 is 3.67. The molecule has 1 aliphatic carbocycles. The van der Waals surface area contributed by atoms with E-state index in [1.165, 1.54) is 32.7 Å². The summed E-state index contributed by atoms with van der Waals surface area (Å²) in [6.07, 6.45) is 0.570. The van der Waals surface area contributed by atoms with Gasteiger partial charge in [-0.1, -0.05) is 52.3 Å². The summed E-state index contributed by atoms with van der Waals surface area (Å²) in [6, 6.07) is 14.8. The van der Waals surface area contributed by atoms with Crippen molar-refractivity contribution in [1.29, 1.82) is 0 Å². The van der Waals surface area contributed by atoms with Crippen LogP contribution >= 0.6 is 15.9 Å². The monoisotopic (exact) mass is 324 g/mol. The van der Waals surface area contributed by atoms with Crippen LogP contribution in [0.3, 0.4) is 0 Å². The second-order valence-corrected chi connectivity index (χ2v) is 6.56. The van der Waals surface area contributed by atoms with Crippen molar-refractivity contribution in [2.75, 3.05) is 0 Å². The number of carbonyl (C=O) groups excluding carboxylic acids is 1. The van der Waals surface area contributed by atoms with E-state index in [0.29, 0.717) is 6.42 Å². The zero-order valence-corrected chi connectivity index (χ0v) is 12.7. The number of fused-ring (bicyclic) bond motifs is 5. The molecule has 3 aromatic carbocycles. The Bertz CT molecular complexity index is 879. The minimum absolute atomic E-state index is 0.147. The predicted molar refractivity (Wildman–Crippen MR) is 86.8 cm³/mol. The van der Waals surface area contributed by atoms with E-state index in [0.717, 1.165) is 5.56 Å². The molecule has 1 nitrogen and oxygen atoms in total. The van der Waals surface area contributed by atoms with Gasteiger partial charge in [-0.2, -0.15) is 0 Å². The SMILES string of the molecule is Cc1cc2c(c3ccc4ccccc4c13)C(Br)CC2=O. The van der Waals surface area contributed by atoms with E-state index in [1.807, 2.05) is 0 Å². The Morgan fingerprint density at radius 3 is 2.75 bits per heavy atom. The lowest BCUT2D eigenvalue weighted by Gasteiger charge is -2.13. The van der Waals surface area contributed by atoms with Gasteiger partial charge in [0.15, 0.2) is 5.78 Å². The molecule has 1 atom stereocenters. The number of halogens is 1. The molecule has 3 aromatic rings. The first-order chi connectivity index (χ1) is 9.66. The van der Waals surface area contributed by atoms with Crippen LogP contribution in [0.1, 0.15) is 32.7 Å². The molecule has 0 saturated heterocycles. The third-order valence-electron chi connectivity index (χ3n) is 4.24. The Morgan fingerprint density at radius 1 is 1.10 bits per heavy atom. The molecule has 2 heteroatoms. The van der Waals surface area contributed by atoms with Crippen molar-refractivity contribution in [2.24, 2.45) is 0 Å². The molecule has 0 N–H and O–H groups in total. The van der Waals surface area contributed by atoms with Gasteiger partial charge in [-0.3, -0.25) is 4.79 Å². The van der Waals surface area contributed by atoms with Crippen LogP contribution in [0, 0.1) is 6.92 Å². The third-order valence-corrected chi connectivity index (χ3v) is 5.02. The number of benzene rings is 3. The summed E-state index contributed by atoms with van der Waals surface area (Å²) in [5, 5.41) is 5.01. The Morgan fingerprint density at radius 2 is 1.90 bits per heavy atom. The normalized spacial score (nSPS) is 17.9. The minimum atomic E-state index is 0.147. The van der Waals surface area contributed by atoms with E-state index in [9.17, 15) is 4.79 Å². The molecule has 1 aliphatic rings. The van der Waals surface area contributed by atoms with Crippen LogP contribution in [0.5, 0.6) is 0 Å². The molecule has 0 spiro atoms. The van der Waals surface area contributed by atoms with Gasteiger partial charge in [0, 0.05) is 16.8 Å². The standard InChI is InChI=1S/C18H13BrO/c1-10-8-14-16(20)9-15(19)18(14)13-7-6-11-4-2-3-5-12(11)17(10)13/h2-8,15H,9H2,1H3. The number of ketones is 1. The van der Waals surface area contributed by atoms with Crippen molar-refractivity contribution < 1.29 is 4.79 Å². The van der Waals surface area contributed by atoms with Crippen LogP contribution < -0.4 is 0 Å². The van der Waals surface area contributed by atoms with Crippen LogP contribution in [-0.2, 0) is 0 Å². The van der Waals surface area contributed by atoms with Crippen LogP contribution in [-0.4, -0.2) is 5.78 Å². The lowest BCUT2D eigenvalue weighted by atomic mass is 9.92. The van der Waals surface area contributed by atoms with E-state index >= 15 is 0 Å². The van der Waals surface area contributed by atoms with Gasteiger partial charge in [0.25, 0.3) is 0 Å². The van der Waals surface area contributed by atoms with Crippen LogP contribution in [0.2, 0.25) is 0 Å². The Labute approximate surface area is 125 Å². The van der Waals surface area contributed by atoms with Crippen molar-refractivity contribution in [3.05, 3.63) is 59.2 Å². The van der Waals surface area contributed by atoms with Crippen molar-refractivity contribution in [1.82, 2.24) is 0 Å². The molecule has 0 bridgehead atoms. The summed E-state index contributed by atoms with van der Waals surface area (Å²) in [4.78, 5) is 12.3. The molecular formula is C18H13BrO. The van der Waals surface area contributed by atoms with E-state index in [4.69, 9.17) is 0 Å². The fraction of sp³-hybridized carbons (Fsp3) is 0.167. The molecule has 0 aromatic heterocycles. The number of rotatable bonds is 0. The fourth-order valence-corrected chi connectivity index (χ4v) is 4.16. The maximum absolute atomic E-state index is 12.1. The minimum Gasteiger partial charge on any atom is -0.294 e. The first kappa shape index (κ1) is 12.1. The molecule has 0 heterocycles. The topological polar surface area (TPSA) is 17.1 Å². The number of carbonyl (C=O) groups is 1. The molecule has 0 fully saturated rings. The summed E-state index contributed by atoms with van der Waals surface area (Å²) in [7, 11) is 0. The quantitative estimate of drug-likeness (QED) is 0.404. The van der Waals surface area contributed by atoms with Gasteiger partial charge in [0.1, 0.15) is 0 Å². The van der Waals surface area contributed by atoms with E-state index in [1.54, 1.807) is 0 Å². The highest BCUT2D eigenvalue weighted by Gasteiger charge is 2.30. The second kappa shape index (κ2) is 4.16. The zero-order valence-electron chi connectivity index (χ0n) is 11.1. The van der Waals surface area contributed by atoms with Crippen molar-refractivity contribution in [3.63, 3.8) is 0 Å². The molecular weight excluding hydrogens is 312 g/mol. The summed E-state index contributed by atoms with van der Waals surface area (Å²) < 4.78 is 0. The average Bonchev–Trinajstić information content (AvgIpc) is 2.73. The number of alkyl halides is 1. The van der Waals surface area contributed by atoms with Crippen LogP contribution in [0.15, 0.2) is 42.5 Å². The van der Waals surface area contributed by atoms with Gasteiger partial charge in [0.2, 0.25) is 0 Å². The van der Waals surface area contributed by atoms with Crippen molar-refractivity contribution in [2.45, 2.75) is 18.2 Å². The van der Waals surface area contributed by atoms with E-state index in [2.05, 4.69) is 65.3 Å². The highest BCUT2D eigenvalue weighted by molar-refractivity contribution is 9.09. The number of Topliss-reactive ketones (excluding diaryl/α,β-unsaturated/α-hetero) is 1. The maximum atomic E-state index is 12.1. The molecule has 98 valence electrons. The Balaban J connectivity index is 2.25. The fourth-order valence-electron chi connectivity index (χ4n) is 3.38. The summed E-state index contributed by atoms with van der Waals surface area (Å²) in [6.45, 7) is 2.10. The van der Waals surface area contributed by atoms with Gasteiger partial charge in [-0.05, 0) is 45.7 Å². The summed E-state index contributed by atoms with van der Waals surface area (Å²) in [5.74, 6) is 0.250. The number of hydrogen-bond donors (Lipinski definition) is 0. The molecule has 0 amide bonds. The van der Waals surface area contributed by atoms with Crippen LogP contribution in [0.25, 0.3) is 21.5 Å². The number of aryl methyl sites for hydroxylation is 1. The van der Waals surface area contributed by atoms with Crippen molar-refractivity contribution >= 4 is 43.3 Å². The Kier molecular flexibility index (Phi) is 2.52. The van der Waals surface area contributed by atoms with Gasteiger partial charge in [0.05, 0.1) is 0 Å². The predicted octanol–water partition coefficient (Wildman–Crippen LogP) is 5.32. The molecule has 20 heavy (non-hydrogen) atoms.